The van der Waals surface area contributed by atoms with Crippen molar-refractivity contribution in [1.82, 2.24) is 20.1 Å². The molecule has 6 nitrogen and oxygen atoms in total. The average molecular weight is 326 g/mol. The van der Waals surface area contributed by atoms with Crippen LogP contribution in [-0.4, -0.2) is 44.2 Å². The van der Waals surface area contributed by atoms with E-state index < -0.39 is 5.60 Å². The number of hydrogen-bond acceptors (Lipinski definition) is 4. The third-order valence-corrected chi connectivity index (χ3v) is 5.30. The van der Waals surface area contributed by atoms with Crippen molar-refractivity contribution in [2.45, 2.75) is 43.6 Å². The van der Waals surface area contributed by atoms with Crippen LogP contribution in [-0.2, 0) is 5.60 Å². The second kappa shape index (κ2) is 6.02. The lowest BCUT2D eigenvalue weighted by Crippen LogP contribution is -2.61. The summed E-state index contributed by atoms with van der Waals surface area (Å²) in [5.74, 6) is 0.358. The first-order valence-electron chi connectivity index (χ1n) is 8.63. The molecule has 0 bridgehead atoms. The van der Waals surface area contributed by atoms with Gasteiger partial charge in [-0.15, -0.1) is 0 Å². The van der Waals surface area contributed by atoms with Crippen LogP contribution in [0.4, 0.5) is 0 Å². The molecule has 1 aliphatic carbocycles. The molecule has 1 aliphatic heterocycles. The van der Waals surface area contributed by atoms with E-state index in [0.717, 1.165) is 24.1 Å². The first kappa shape index (κ1) is 15.3. The SMILES string of the molecule is O=C(c1cn[nH]c1C1CCCCC1)N1CC(O)(c2cccnc2)C1. The summed E-state index contributed by atoms with van der Waals surface area (Å²) in [6.45, 7) is 0.597. The molecular formula is C18H22N4O2. The molecule has 2 aromatic rings. The normalized spacial score (nSPS) is 20.6. The number of aromatic amines is 1. The number of hydrogen-bond donors (Lipinski definition) is 2. The van der Waals surface area contributed by atoms with Crippen molar-refractivity contribution in [3.8, 4) is 0 Å². The van der Waals surface area contributed by atoms with Crippen LogP contribution in [0.3, 0.4) is 0 Å². The zero-order chi connectivity index (χ0) is 16.6. The topological polar surface area (TPSA) is 82.1 Å². The zero-order valence-corrected chi connectivity index (χ0v) is 13.6. The number of carbonyl (C=O) groups excluding carboxylic acids is 1. The van der Waals surface area contributed by atoms with Gasteiger partial charge in [-0.1, -0.05) is 25.3 Å². The second-order valence-electron chi connectivity index (χ2n) is 6.97. The van der Waals surface area contributed by atoms with Gasteiger partial charge in [-0.25, -0.2) is 0 Å². The summed E-state index contributed by atoms with van der Waals surface area (Å²) in [5.41, 5.74) is 1.40. The standard InChI is InChI=1S/C18H22N4O2/c23-17(15-10-20-21-16(15)13-5-2-1-3-6-13)22-11-18(24,12-22)14-7-4-8-19-9-14/h4,7-10,13,24H,1-3,5-6,11-12H2,(H,20,21). The minimum Gasteiger partial charge on any atom is -0.381 e. The molecule has 1 amide bonds. The van der Waals surface area contributed by atoms with E-state index in [4.69, 9.17) is 0 Å². The van der Waals surface area contributed by atoms with Crippen LogP contribution in [0.15, 0.2) is 30.7 Å². The van der Waals surface area contributed by atoms with Gasteiger partial charge in [0.25, 0.3) is 5.91 Å². The van der Waals surface area contributed by atoms with Crippen molar-refractivity contribution in [2.75, 3.05) is 13.1 Å². The monoisotopic (exact) mass is 326 g/mol. The number of β-amino-alcohol motifs (C(OH)–C–C–N with tert-alkyl or cyclic N) is 1. The van der Waals surface area contributed by atoms with Gasteiger partial charge in [-0.05, 0) is 18.9 Å². The van der Waals surface area contributed by atoms with Crippen molar-refractivity contribution in [1.29, 1.82) is 0 Å². The van der Waals surface area contributed by atoms with Crippen LogP contribution in [0.25, 0.3) is 0 Å². The van der Waals surface area contributed by atoms with E-state index in [1.54, 1.807) is 29.6 Å². The van der Waals surface area contributed by atoms with Crippen molar-refractivity contribution in [2.24, 2.45) is 0 Å². The first-order chi connectivity index (χ1) is 11.7. The molecule has 4 rings (SSSR count). The van der Waals surface area contributed by atoms with Crippen LogP contribution in [0, 0.1) is 0 Å². The van der Waals surface area contributed by atoms with Gasteiger partial charge < -0.3 is 10.0 Å². The highest BCUT2D eigenvalue weighted by atomic mass is 16.3. The molecule has 0 spiro atoms. The van der Waals surface area contributed by atoms with Crippen molar-refractivity contribution < 1.29 is 9.90 Å². The molecule has 3 heterocycles. The molecule has 1 saturated heterocycles. The van der Waals surface area contributed by atoms with Gasteiger partial charge in [-0.3, -0.25) is 14.9 Å². The van der Waals surface area contributed by atoms with E-state index in [1.165, 1.54) is 19.3 Å². The van der Waals surface area contributed by atoms with Crippen LogP contribution in [0.1, 0.15) is 59.6 Å². The molecule has 2 aliphatic rings. The Balaban J connectivity index is 1.48. The fraction of sp³-hybridized carbons (Fsp3) is 0.500. The van der Waals surface area contributed by atoms with Crippen LogP contribution in [0.5, 0.6) is 0 Å². The zero-order valence-electron chi connectivity index (χ0n) is 13.6. The third kappa shape index (κ3) is 2.60. The van der Waals surface area contributed by atoms with Gasteiger partial charge in [0, 0.05) is 23.9 Å². The summed E-state index contributed by atoms with van der Waals surface area (Å²) < 4.78 is 0. The van der Waals surface area contributed by atoms with Gasteiger partial charge in [-0.2, -0.15) is 5.10 Å². The van der Waals surface area contributed by atoms with Gasteiger partial charge in [0.05, 0.1) is 30.5 Å². The number of pyridine rings is 1. The maximum Gasteiger partial charge on any atom is 0.257 e. The quantitative estimate of drug-likeness (QED) is 0.906. The highest BCUT2D eigenvalue weighted by Crippen LogP contribution is 2.36. The van der Waals surface area contributed by atoms with Gasteiger partial charge in [0.15, 0.2) is 0 Å². The average Bonchev–Trinajstić information content (AvgIpc) is 3.09. The van der Waals surface area contributed by atoms with Gasteiger partial charge >= 0.3 is 0 Å². The highest BCUT2D eigenvalue weighted by Gasteiger charge is 2.46. The predicted octanol–water partition coefficient (Wildman–Crippen LogP) is 2.20. The number of aliphatic hydroxyl groups is 1. The smallest absolute Gasteiger partial charge is 0.257 e. The Hall–Kier alpha value is -2.21. The predicted molar refractivity (Wildman–Crippen MR) is 88.5 cm³/mol. The molecular weight excluding hydrogens is 304 g/mol. The van der Waals surface area contributed by atoms with Crippen molar-refractivity contribution in [3.05, 3.63) is 47.5 Å². The third-order valence-electron chi connectivity index (χ3n) is 5.30. The fourth-order valence-electron chi connectivity index (χ4n) is 3.89. The van der Waals surface area contributed by atoms with Crippen molar-refractivity contribution in [3.63, 3.8) is 0 Å². The Morgan fingerprint density at radius 1 is 1.25 bits per heavy atom. The fourth-order valence-corrected chi connectivity index (χ4v) is 3.89. The summed E-state index contributed by atoms with van der Waals surface area (Å²) in [6.07, 6.45) is 10.9. The van der Waals surface area contributed by atoms with E-state index in [-0.39, 0.29) is 5.91 Å². The molecule has 2 N–H and O–H groups in total. The summed E-state index contributed by atoms with van der Waals surface area (Å²) in [7, 11) is 0. The Morgan fingerprint density at radius 2 is 2.04 bits per heavy atom. The molecule has 24 heavy (non-hydrogen) atoms. The Bertz CT molecular complexity index is 716. The maximum absolute atomic E-state index is 12.8. The number of aromatic nitrogens is 3. The molecule has 0 aromatic carbocycles. The summed E-state index contributed by atoms with van der Waals surface area (Å²) >= 11 is 0. The molecule has 2 fully saturated rings. The number of H-pyrrole nitrogens is 1. The lowest BCUT2D eigenvalue weighted by molar-refractivity contribution is -0.0866. The molecule has 1 saturated carbocycles. The number of rotatable bonds is 3. The molecule has 0 radical (unpaired) electrons. The highest BCUT2D eigenvalue weighted by molar-refractivity contribution is 5.96. The van der Waals surface area contributed by atoms with Gasteiger partial charge in [0.2, 0.25) is 0 Å². The second-order valence-corrected chi connectivity index (χ2v) is 6.97. The molecule has 2 aromatic heterocycles. The molecule has 0 unspecified atom stereocenters. The van der Waals surface area contributed by atoms with Crippen LogP contribution in [0.2, 0.25) is 0 Å². The summed E-state index contributed by atoms with van der Waals surface area (Å²) in [5, 5.41) is 17.8. The minimum atomic E-state index is -0.987. The number of carbonyl (C=O) groups is 1. The maximum atomic E-state index is 12.8. The largest absolute Gasteiger partial charge is 0.381 e. The van der Waals surface area contributed by atoms with Crippen LogP contribution < -0.4 is 0 Å². The Labute approximate surface area is 140 Å². The van der Waals surface area contributed by atoms with Gasteiger partial charge in [0.1, 0.15) is 5.60 Å². The summed E-state index contributed by atoms with van der Waals surface area (Å²) in [6, 6.07) is 3.65. The molecule has 0 atom stereocenters. The lowest BCUT2D eigenvalue weighted by Gasteiger charge is -2.46. The number of nitrogens with one attached hydrogen (secondary N) is 1. The van der Waals surface area contributed by atoms with E-state index in [2.05, 4.69) is 15.2 Å². The molecule has 126 valence electrons. The van der Waals surface area contributed by atoms with E-state index in [9.17, 15) is 9.90 Å². The lowest BCUT2D eigenvalue weighted by atomic mass is 9.84. The summed E-state index contributed by atoms with van der Waals surface area (Å²) in [4.78, 5) is 18.5. The number of likely N-dealkylation sites (tertiary alicyclic amines) is 1. The Kier molecular flexibility index (Phi) is 3.84. The minimum absolute atomic E-state index is 0.0436. The number of amides is 1. The van der Waals surface area contributed by atoms with E-state index >= 15 is 0 Å². The van der Waals surface area contributed by atoms with Crippen LogP contribution >= 0.6 is 0 Å². The Morgan fingerprint density at radius 3 is 2.75 bits per heavy atom. The van der Waals surface area contributed by atoms with E-state index in [0.29, 0.717) is 24.6 Å². The van der Waals surface area contributed by atoms with Crippen molar-refractivity contribution >= 4 is 5.91 Å². The number of nitrogens with zero attached hydrogens (tertiary/aromatic N) is 3. The van der Waals surface area contributed by atoms with E-state index in [1.807, 2.05) is 6.07 Å². The first-order valence-corrected chi connectivity index (χ1v) is 8.63. The molecule has 6 heteroatoms.